The molecule has 1 amide bonds. The molecule has 0 aliphatic heterocycles. The van der Waals surface area contributed by atoms with E-state index in [1.807, 2.05) is 18.2 Å². The monoisotopic (exact) mass is 298 g/mol. The molecule has 0 saturated heterocycles. The molecule has 0 saturated carbocycles. The number of nitrogens with zero attached hydrogens (tertiary/aromatic N) is 1. The van der Waals surface area contributed by atoms with Gasteiger partial charge in [-0.25, -0.2) is 0 Å². The summed E-state index contributed by atoms with van der Waals surface area (Å²) in [7, 11) is 3.55. The van der Waals surface area contributed by atoms with Crippen molar-refractivity contribution in [2.45, 2.75) is 19.4 Å². The van der Waals surface area contributed by atoms with Crippen LogP contribution in [0, 0.1) is 0 Å². The van der Waals surface area contributed by atoms with Crippen molar-refractivity contribution in [3.63, 3.8) is 0 Å². The van der Waals surface area contributed by atoms with Crippen molar-refractivity contribution in [2.24, 2.45) is 0 Å². The lowest BCUT2D eigenvalue weighted by Gasteiger charge is -2.16. The van der Waals surface area contributed by atoms with Crippen LogP contribution in [0.25, 0.3) is 0 Å². The molecule has 4 heteroatoms. The predicted molar refractivity (Wildman–Crippen MR) is 73.9 cm³/mol. The molecule has 1 aromatic rings. The highest BCUT2D eigenvalue weighted by Gasteiger charge is 2.09. The van der Waals surface area contributed by atoms with E-state index in [1.165, 1.54) is 5.56 Å². The second-order valence-corrected chi connectivity index (χ2v) is 5.09. The Morgan fingerprint density at radius 2 is 2.06 bits per heavy atom. The Kier molecular flexibility index (Phi) is 5.65. The summed E-state index contributed by atoms with van der Waals surface area (Å²) in [6.07, 6.45) is 0.530. The highest BCUT2D eigenvalue weighted by atomic mass is 79.9. The molecule has 0 radical (unpaired) electrons. The van der Waals surface area contributed by atoms with Crippen molar-refractivity contribution in [2.75, 3.05) is 20.6 Å². The number of benzene rings is 1. The van der Waals surface area contributed by atoms with Crippen molar-refractivity contribution < 1.29 is 4.79 Å². The van der Waals surface area contributed by atoms with Crippen molar-refractivity contribution in [1.29, 1.82) is 0 Å². The minimum Gasteiger partial charge on any atom is -0.349 e. The van der Waals surface area contributed by atoms with Crippen LogP contribution < -0.4 is 5.32 Å². The third-order valence-corrected chi connectivity index (χ3v) is 3.38. The average Bonchev–Trinajstić information content (AvgIpc) is 2.29. The van der Waals surface area contributed by atoms with Gasteiger partial charge in [-0.1, -0.05) is 34.1 Å². The molecule has 1 rings (SSSR count). The molecule has 1 atom stereocenters. The van der Waals surface area contributed by atoms with Crippen LogP contribution >= 0.6 is 15.9 Å². The minimum atomic E-state index is 0.150. The lowest BCUT2D eigenvalue weighted by molar-refractivity contribution is -0.128. The molecule has 94 valence electrons. The van der Waals surface area contributed by atoms with E-state index in [-0.39, 0.29) is 11.9 Å². The predicted octanol–water partition coefficient (Wildman–Crippen LogP) is 2.58. The van der Waals surface area contributed by atoms with Crippen LogP contribution in [0.3, 0.4) is 0 Å². The van der Waals surface area contributed by atoms with Gasteiger partial charge in [0.1, 0.15) is 0 Å². The SMILES string of the molecule is C[C@H](NCCC(=O)N(C)C)c1ccccc1Br. The Bertz CT molecular complexity index is 379. The molecule has 0 spiro atoms. The molecular formula is C13H19BrN2O. The normalized spacial score (nSPS) is 12.2. The van der Waals surface area contributed by atoms with Crippen LogP contribution in [0.4, 0.5) is 0 Å². The van der Waals surface area contributed by atoms with Crippen molar-refractivity contribution >= 4 is 21.8 Å². The molecule has 3 nitrogen and oxygen atoms in total. The lowest BCUT2D eigenvalue weighted by atomic mass is 10.1. The fourth-order valence-corrected chi connectivity index (χ4v) is 2.18. The Hall–Kier alpha value is -0.870. The third-order valence-electron chi connectivity index (χ3n) is 2.66. The van der Waals surface area contributed by atoms with Gasteiger partial charge in [0.05, 0.1) is 0 Å². The van der Waals surface area contributed by atoms with E-state index >= 15 is 0 Å². The van der Waals surface area contributed by atoms with Gasteiger partial charge in [0, 0.05) is 37.6 Å². The lowest BCUT2D eigenvalue weighted by Crippen LogP contribution is -2.28. The maximum atomic E-state index is 11.4. The zero-order chi connectivity index (χ0) is 12.8. The molecule has 0 aromatic heterocycles. The molecular weight excluding hydrogens is 280 g/mol. The number of carbonyl (C=O) groups excluding carboxylic acids is 1. The summed E-state index contributed by atoms with van der Waals surface area (Å²) in [5, 5.41) is 3.35. The van der Waals surface area contributed by atoms with E-state index in [9.17, 15) is 4.79 Å². The van der Waals surface area contributed by atoms with Crippen LogP contribution in [-0.4, -0.2) is 31.4 Å². The van der Waals surface area contributed by atoms with E-state index in [0.29, 0.717) is 13.0 Å². The van der Waals surface area contributed by atoms with Gasteiger partial charge in [-0.3, -0.25) is 4.79 Å². The number of hydrogen-bond acceptors (Lipinski definition) is 2. The molecule has 0 unspecified atom stereocenters. The van der Waals surface area contributed by atoms with Crippen LogP contribution in [0.1, 0.15) is 24.9 Å². The van der Waals surface area contributed by atoms with E-state index < -0.39 is 0 Å². The van der Waals surface area contributed by atoms with E-state index in [2.05, 4.69) is 34.2 Å². The summed E-state index contributed by atoms with van der Waals surface area (Å²) in [4.78, 5) is 13.0. The van der Waals surface area contributed by atoms with Gasteiger partial charge < -0.3 is 10.2 Å². The molecule has 0 fully saturated rings. The van der Waals surface area contributed by atoms with E-state index in [1.54, 1.807) is 19.0 Å². The smallest absolute Gasteiger partial charge is 0.223 e. The molecule has 0 aliphatic rings. The molecule has 0 bridgehead atoms. The summed E-state index contributed by atoms with van der Waals surface area (Å²) in [6.45, 7) is 2.79. The Morgan fingerprint density at radius 1 is 1.41 bits per heavy atom. The standard InChI is InChI=1S/C13H19BrN2O/c1-10(11-6-4-5-7-12(11)14)15-9-8-13(17)16(2)3/h4-7,10,15H,8-9H2,1-3H3/t10-/m0/s1. The summed E-state index contributed by atoms with van der Waals surface area (Å²) in [6, 6.07) is 8.35. The van der Waals surface area contributed by atoms with Crippen LogP contribution in [0.2, 0.25) is 0 Å². The molecule has 0 aliphatic carbocycles. The molecule has 1 aromatic carbocycles. The van der Waals surface area contributed by atoms with Gasteiger partial charge in [-0.15, -0.1) is 0 Å². The fraction of sp³-hybridized carbons (Fsp3) is 0.462. The van der Waals surface area contributed by atoms with Crippen molar-refractivity contribution in [3.8, 4) is 0 Å². The zero-order valence-electron chi connectivity index (χ0n) is 10.5. The maximum absolute atomic E-state index is 11.4. The maximum Gasteiger partial charge on any atom is 0.223 e. The third kappa shape index (κ3) is 4.48. The second kappa shape index (κ2) is 6.77. The summed E-state index contributed by atoms with van der Waals surface area (Å²) in [5.41, 5.74) is 1.21. The number of rotatable bonds is 5. The molecule has 0 heterocycles. The van der Waals surface area contributed by atoms with Crippen molar-refractivity contribution in [1.82, 2.24) is 10.2 Å². The number of carbonyl (C=O) groups is 1. The Morgan fingerprint density at radius 3 is 2.65 bits per heavy atom. The summed E-state index contributed by atoms with van der Waals surface area (Å²) >= 11 is 3.53. The Labute approximate surface area is 111 Å². The van der Waals surface area contributed by atoms with Gasteiger partial charge in [0.25, 0.3) is 0 Å². The zero-order valence-corrected chi connectivity index (χ0v) is 12.1. The number of amides is 1. The van der Waals surface area contributed by atoms with E-state index in [0.717, 1.165) is 4.47 Å². The molecule has 1 N–H and O–H groups in total. The average molecular weight is 299 g/mol. The Balaban J connectivity index is 2.43. The highest BCUT2D eigenvalue weighted by molar-refractivity contribution is 9.10. The quantitative estimate of drug-likeness (QED) is 0.906. The first kappa shape index (κ1) is 14.2. The van der Waals surface area contributed by atoms with Gasteiger partial charge >= 0.3 is 0 Å². The first-order valence-corrected chi connectivity index (χ1v) is 6.49. The van der Waals surface area contributed by atoms with Crippen molar-refractivity contribution in [3.05, 3.63) is 34.3 Å². The minimum absolute atomic E-state index is 0.150. The van der Waals surface area contributed by atoms with Crippen LogP contribution in [-0.2, 0) is 4.79 Å². The number of hydrogen-bond donors (Lipinski definition) is 1. The van der Waals surface area contributed by atoms with E-state index in [4.69, 9.17) is 0 Å². The summed E-state index contributed by atoms with van der Waals surface area (Å²) in [5.74, 6) is 0.150. The fourth-order valence-electron chi connectivity index (χ4n) is 1.56. The van der Waals surface area contributed by atoms with Crippen LogP contribution in [0.5, 0.6) is 0 Å². The summed E-state index contributed by atoms with van der Waals surface area (Å²) < 4.78 is 1.10. The molecule has 17 heavy (non-hydrogen) atoms. The largest absolute Gasteiger partial charge is 0.349 e. The number of nitrogens with one attached hydrogen (secondary N) is 1. The number of halogens is 1. The van der Waals surface area contributed by atoms with Crippen LogP contribution in [0.15, 0.2) is 28.7 Å². The van der Waals surface area contributed by atoms with Gasteiger partial charge in [0.2, 0.25) is 5.91 Å². The van der Waals surface area contributed by atoms with Gasteiger partial charge in [0.15, 0.2) is 0 Å². The second-order valence-electron chi connectivity index (χ2n) is 4.24. The highest BCUT2D eigenvalue weighted by Crippen LogP contribution is 2.22. The van der Waals surface area contributed by atoms with Gasteiger partial charge in [-0.05, 0) is 18.6 Å². The first-order valence-electron chi connectivity index (χ1n) is 5.70. The van der Waals surface area contributed by atoms with Gasteiger partial charge in [-0.2, -0.15) is 0 Å². The topological polar surface area (TPSA) is 32.3 Å². The first-order chi connectivity index (χ1) is 8.02.